The minimum absolute atomic E-state index is 0.0512. The lowest BCUT2D eigenvalue weighted by molar-refractivity contribution is -0.141. The van der Waals surface area contributed by atoms with E-state index in [0.717, 1.165) is 28.9 Å². The van der Waals surface area contributed by atoms with Crippen LogP contribution in [0.4, 0.5) is 33.6 Å². The molecule has 0 unspecified atom stereocenters. The first-order valence-corrected chi connectivity index (χ1v) is 7.71. The highest BCUT2D eigenvalue weighted by Gasteiger charge is 2.35. The lowest BCUT2D eigenvalue weighted by atomic mass is 10.1. The van der Waals surface area contributed by atoms with Crippen LogP contribution in [0.25, 0.3) is 11.3 Å². The van der Waals surface area contributed by atoms with Crippen molar-refractivity contribution in [2.24, 2.45) is 7.05 Å². The summed E-state index contributed by atoms with van der Waals surface area (Å²) in [6, 6.07) is 6.30. The number of nitrogens with zero attached hydrogens (tertiary/aromatic N) is 3. The summed E-state index contributed by atoms with van der Waals surface area (Å²) >= 11 is 0. The van der Waals surface area contributed by atoms with E-state index in [9.17, 15) is 26.7 Å². The summed E-state index contributed by atoms with van der Waals surface area (Å²) in [5.74, 6) is -3.54. The number of nitrogen functional groups attached to an aromatic ring is 1. The van der Waals surface area contributed by atoms with Crippen molar-refractivity contribution in [1.29, 1.82) is 0 Å². The van der Waals surface area contributed by atoms with Crippen LogP contribution in [0.15, 0.2) is 36.4 Å². The molecule has 146 valence electrons. The predicted molar refractivity (Wildman–Crippen MR) is 90.2 cm³/mol. The minimum atomic E-state index is -4.63. The van der Waals surface area contributed by atoms with E-state index < -0.39 is 35.0 Å². The van der Waals surface area contributed by atoms with Gasteiger partial charge in [-0.15, -0.1) is 0 Å². The maximum atomic E-state index is 13.7. The molecule has 3 N–H and O–H groups in total. The average Bonchev–Trinajstić information content (AvgIpc) is 2.97. The molecule has 0 saturated heterocycles. The fourth-order valence-corrected chi connectivity index (χ4v) is 2.51. The van der Waals surface area contributed by atoms with Crippen molar-refractivity contribution < 1.29 is 26.7 Å². The van der Waals surface area contributed by atoms with Crippen LogP contribution in [0.3, 0.4) is 0 Å². The molecule has 0 atom stereocenters. The van der Waals surface area contributed by atoms with Crippen LogP contribution in [0.1, 0.15) is 16.1 Å². The van der Waals surface area contributed by atoms with Gasteiger partial charge in [0.1, 0.15) is 28.8 Å². The Balaban J connectivity index is 1.89. The molecule has 0 radical (unpaired) electrons. The number of aryl methyl sites for hydroxylation is 1. The number of nitrogens with one attached hydrogen (secondary N) is 1. The van der Waals surface area contributed by atoms with Gasteiger partial charge in [0.2, 0.25) is 0 Å². The number of alkyl halides is 3. The van der Waals surface area contributed by atoms with Crippen molar-refractivity contribution in [2.45, 2.75) is 6.18 Å². The highest BCUT2D eigenvalue weighted by atomic mass is 19.4. The van der Waals surface area contributed by atoms with Crippen LogP contribution in [0, 0.1) is 11.6 Å². The minimum Gasteiger partial charge on any atom is -0.383 e. The summed E-state index contributed by atoms with van der Waals surface area (Å²) in [7, 11) is 1.31. The Morgan fingerprint density at radius 3 is 2.32 bits per heavy atom. The zero-order chi connectivity index (χ0) is 20.6. The van der Waals surface area contributed by atoms with E-state index in [-0.39, 0.29) is 22.9 Å². The van der Waals surface area contributed by atoms with Gasteiger partial charge in [-0.3, -0.25) is 9.48 Å². The van der Waals surface area contributed by atoms with E-state index in [1.807, 2.05) is 0 Å². The molecule has 2 heterocycles. The first-order valence-electron chi connectivity index (χ1n) is 7.71. The third kappa shape index (κ3) is 3.63. The monoisotopic (exact) mass is 397 g/mol. The molecule has 0 aliphatic heterocycles. The van der Waals surface area contributed by atoms with Gasteiger partial charge >= 0.3 is 6.18 Å². The number of aromatic nitrogens is 3. The van der Waals surface area contributed by atoms with Crippen molar-refractivity contribution in [3.8, 4) is 11.3 Å². The smallest absolute Gasteiger partial charge is 0.383 e. The van der Waals surface area contributed by atoms with Crippen molar-refractivity contribution in [3.05, 3.63) is 59.3 Å². The Hall–Kier alpha value is -3.50. The number of halogens is 5. The number of carbonyl (C=O) groups is 1. The number of anilines is 2. The van der Waals surface area contributed by atoms with Gasteiger partial charge in [0, 0.05) is 12.6 Å². The van der Waals surface area contributed by atoms with Crippen LogP contribution in [-0.4, -0.2) is 20.7 Å². The Morgan fingerprint density at radius 2 is 1.79 bits per heavy atom. The number of nitrogens with two attached hydrogens (primary N) is 1. The van der Waals surface area contributed by atoms with Crippen LogP contribution in [-0.2, 0) is 13.2 Å². The molecule has 0 aliphatic rings. The highest BCUT2D eigenvalue weighted by molar-refractivity contribution is 6.04. The highest BCUT2D eigenvalue weighted by Crippen LogP contribution is 2.33. The third-order valence-corrected chi connectivity index (χ3v) is 3.80. The summed E-state index contributed by atoms with van der Waals surface area (Å²) in [6.07, 6.45) is -4.63. The van der Waals surface area contributed by atoms with Crippen LogP contribution in [0.2, 0.25) is 0 Å². The Morgan fingerprint density at radius 1 is 1.14 bits per heavy atom. The van der Waals surface area contributed by atoms with Gasteiger partial charge in [0.25, 0.3) is 5.91 Å². The molecular weight excluding hydrogens is 385 g/mol. The van der Waals surface area contributed by atoms with E-state index in [4.69, 9.17) is 5.73 Å². The van der Waals surface area contributed by atoms with E-state index in [2.05, 4.69) is 15.4 Å². The second kappa shape index (κ2) is 6.91. The molecule has 0 fully saturated rings. The van der Waals surface area contributed by atoms with Gasteiger partial charge in [-0.05, 0) is 30.3 Å². The molecule has 11 heteroatoms. The summed E-state index contributed by atoms with van der Waals surface area (Å²) < 4.78 is 66.7. The summed E-state index contributed by atoms with van der Waals surface area (Å²) in [5, 5.41) is 5.58. The lowest BCUT2D eigenvalue weighted by Crippen LogP contribution is -2.17. The third-order valence-electron chi connectivity index (χ3n) is 3.80. The van der Waals surface area contributed by atoms with Gasteiger partial charge in [0.15, 0.2) is 5.69 Å². The molecule has 3 aromatic rings. The van der Waals surface area contributed by atoms with Crippen molar-refractivity contribution in [1.82, 2.24) is 14.8 Å². The fraction of sp³-hybridized carbons (Fsp3) is 0.118. The molecule has 0 saturated carbocycles. The second-order valence-electron chi connectivity index (χ2n) is 5.72. The Labute approximate surface area is 154 Å². The van der Waals surface area contributed by atoms with Gasteiger partial charge in [-0.2, -0.15) is 18.3 Å². The largest absolute Gasteiger partial charge is 0.435 e. The zero-order valence-electron chi connectivity index (χ0n) is 14.2. The molecular formula is C17H12F5N5O. The van der Waals surface area contributed by atoms with Gasteiger partial charge in [-0.1, -0.05) is 6.07 Å². The predicted octanol–water partition coefficient (Wildman–Crippen LogP) is 3.61. The van der Waals surface area contributed by atoms with Gasteiger partial charge < -0.3 is 11.1 Å². The van der Waals surface area contributed by atoms with E-state index in [1.165, 1.54) is 19.2 Å². The van der Waals surface area contributed by atoms with E-state index in [1.54, 1.807) is 0 Å². The topological polar surface area (TPSA) is 85.8 Å². The summed E-state index contributed by atoms with van der Waals surface area (Å²) in [4.78, 5) is 15.9. The van der Waals surface area contributed by atoms with Crippen LogP contribution in [0.5, 0.6) is 0 Å². The number of carbonyl (C=O) groups excluding carboxylic acids is 1. The molecule has 6 nitrogen and oxygen atoms in total. The van der Waals surface area contributed by atoms with Gasteiger partial charge in [0.05, 0.1) is 5.69 Å². The molecule has 0 bridgehead atoms. The molecule has 28 heavy (non-hydrogen) atoms. The lowest BCUT2D eigenvalue weighted by Gasteiger charge is -2.09. The normalized spacial score (nSPS) is 11.5. The van der Waals surface area contributed by atoms with E-state index >= 15 is 0 Å². The van der Waals surface area contributed by atoms with Gasteiger partial charge in [-0.25, -0.2) is 13.8 Å². The first-order chi connectivity index (χ1) is 13.1. The molecule has 1 aromatic carbocycles. The molecule has 3 rings (SSSR count). The quantitative estimate of drug-likeness (QED) is 0.661. The second-order valence-corrected chi connectivity index (χ2v) is 5.72. The van der Waals surface area contributed by atoms with Crippen molar-refractivity contribution >= 4 is 17.5 Å². The van der Waals surface area contributed by atoms with Crippen LogP contribution < -0.4 is 11.1 Å². The number of hydrogen-bond acceptors (Lipinski definition) is 4. The maximum absolute atomic E-state index is 13.7. The number of benzene rings is 1. The summed E-state index contributed by atoms with van der Waals surface area (Å²) in [6.45, 7) is 0. The van der Waals surface area contributed by atoms with Crippen LogP contribution >= 0.6 is 0 Å². The first kappa shape index (κ1) is 19.3. The standard InChI is InChI=1S/C17H12F5N5O/c1-27-11(7-12(26-27)17(20,21)22)8-5-6-13(24-15(8)23)25-16(28)14-9(18)3-2-4-10(14)19/h2-7H,1H3,(H3,23,24,25,28). The molecule has 0 aliphatic carbocycles. The SMILES string of the molecule is Cn1nc(C(F)(F)F)cc1-c1ccc(NC(=O)c2c(F)cccc2F)nc1N. The number of rotatable bonds is 3. The average molecular weight is 397 g/mol. The molecule has 2 aromatic heterocycles. The zero-order valence-corrected chi connectivity index (χ0v) is 14.2. The molecule has 1 amide bonds. The Kier molecular flexibility index (Phi) is 4.75. The summed E-state index contributed by atoms with van der Waals surface area (Å²) in [5.41, 5.74) is 4.07. The van der Waals surface area contributed by atoms with Crippen molar-refractivity contribution in [3.63, 3.8) is 0 Å². The Bertz CT molecular complexity index is 1040. The van der Waals surface area contributed by atoms with E-state index in [0.29, 0.717) is 0 Å². The number of pyridine rings is 1. The number of hydrogen-bond donors (Lipinski definition) is 2. The fourth-order valence-electron chi connectivity index (χ4n) is 2.51. The van der Waals surface area contributed by atoms with Crippen molar-refractivity contribution in [2.75, 3.05) is 11.1 Å². The maximum Gasteiger partial charge on any atom is 0.435 e. The molecule has 0 spiro atoms. The number of amides is 1.